The third kappa shape index (κ3) is 5.16. The Bertz CT molecular complexity index is 1580. The van der Waals surface area contributed by atoms with Gasteiger partial charge < -0.3 is 19.4 Å². The molecule has 2 aromatic heterocycles. The number of carbonyl (C=O) groups is 1. The van der Waals surface area contributed by atoms with Crippen LogP contribution in [0.5, 0.6) is 11.5 Å². The Morgan fingerprint density at radius 1 is 1.28 bits per heavy atom. The smallest absolute Gasteiger partial charge is 0.234 e. The van der Waals surface area contributed by atoms with E-state index in [1.165, 1.54) is 17.3 Å². The summed E-state index contributed by atoms with van der Waals surface area (Å²) in [5, 5.41) is 11.9. The number of anilines is 3. The van der Waals surface area contributed by atoms with E-state index >= 15 is 0 Å². The third-order valence-corrected chi connectivity index (χ3v) is 6.39. The highest BCUT2D eigenvalue weighted by molar-refractivity contribution is 6.03. The molecule has 4 aromatic rings. The molecule has 200 valence electrons. The van der Waals surface area contributed by atoms with Gasteiger partial charge in [0.2, 0.25) is 12.8 Å². The van der Waals surface area contributed by atoms with Crippen LogP contribution in [-0.2, 0) is 18.4 Å². The van der Waals surface area contributed by atoms with Crippen molar-refractivity contribution in [3.05, 3.63) is 65.7 Å². The minimum atomic E-state index is -1.25. The van der Waals surface area contributed by atoms with Crippen molar-refractivity contribution in [3.63, 3.8) is 0 Å². The number of pyridine rings is 1. The highest BCUT2D eigenvalue weighted by atomic mass is 19.1. The van der Waals surface area contributed by atoms with Crippen LogP contribution in [0.4, 0.5) is 30.5 Å². The van der Waals surface area contributed by atoms with E-state index in [0.29, 0.717) is 16.8 Å². The number of aromatic nitrogens is 3. The average molecular weight is 537 g/mol. The molecular formula is C27H23F3N6O3. The van der Waals surface area contributed by atoms with Crippen LogP contribution in [0.15, 0.2) is 48.8 Å². The fraction of sp³-hybridized carbons (Fsp3) is 0.259. The van der Waals surface area contributed by atoms with Crippen LogP contribution in [0.25, 0.3) is 11.0 Å². The summed E-state index contributed by atoms with van der Waals surface area (Å²) in [6, 6.07) is 12.6. The summed E-state index contributed by atoms with van der Waals surface area (Å²) in [5.41, 5.74) is 1.36. The van der Waals surface area contributed by atoms with Crippen molar-refractivity contribution in [1.82, 2.24) is 14.5 Å². The first kappa shape index (κ1) is 25.8. The second-order valence-corrected chi connectivity index (χ2v) is 9.01. The van der Waals surface area contributed by atoms with Gasteiger partial charge in [-0.25, -0.2) is 23.1 Å². The number of carbonyl (C=O) groups excluding carboxylic acids is 1. The zero-order valence-corrected chi connectivity index (χ0v) is 21.0. The predicted molar refractivity (Wildman–Crippen MR) is 137 cm³/mol. The lowest BCUT2D eigenvalue weighted by Gasteiger charge is -2.23. The van der Waals surface area contributed by atoms with E-state index in [4.69, 9.17) is 14.7 Å². The molecule has 0 spiro atoms. The minimum absolute atomic E-state index is 0.0568. The highest BCUT2D eigenvalue weighted by Gasteiger charge is 2.46. The SMILES string of the molecule is COc1ccc(CN(C(=O)[C@H]2C[C@H]2F)c2nc(Nc3c(F)cc(C#N)cc3OCF)cc3c2ncn3C)cc1. The minimum Gasteiger partial charge on any atom is -0.497 e. The van der Waals surface area contributed by atoms with Gasteiger partial charge in [0.1, 0.15) is 28.9 Å². The van der Waals surface area contributed by atoms with Gasteiger partial charge in [-0.05, 0) is 30.2 Å². The van der Waals surface area contributed by atoms with Gasteiger partial charge in [0, 0.05) is 19.2 Å². The van der Waals surface area contributed by atoms with Crippen LogP contribution in [0.1, 0.15) is 17.5 Å². The number of aryl methyl sites for hydroxylation is 1. The maximum atomic E-state index is 15.0. The van der Waals surface area contributed by atoms with Crippen molar-refractivity contribution in [3.8, 4) is 17.6 Å². The summed E-state index contributed by atoms with van der Waals surface area (Å²) < 4.78 is 53.8. The number of rotatable bonds is 9. The molecule has 0 bridgehead atoms. The molecule has 2 heterocycles. The molecule has 2 atom stereocenters. The molecule has 0 saturated heterocycles. The first-order valence-electron chi connectivity index (χ1n) is 11.9. The van der Waals surface area contributed by atoms with E-state index in [1.807, 2.05) is 0 Å². The van der Waals surface area contributed by atoms with Crippen LogP contribution in [0.2, 0.25) is 0 Å². The average Bonchev–Trinajstić information content (AvgIpc) is 3.56. The van der Waals surface area contributed by atoms with E-state index in [9.17, 15) is 18.0 Å². The van der Waals surface area contributed by atoms with E-state index in [2.05, 4.69) is 15.3 Å². The quantitative estimate of drug-likeness (QED) is 0.323. The first-order chi connectivity index (χ1) is 18.8. The molecule has 2 aromatic carbocycles. The highest BCUT2D eigenvalue weighted by Crippen LogP contribution is 2.39. The number of hydrogen-bond acceptors (Lipinski definition) is 7. The standard InChI is InChI=1S/C27H23F3N6O3/c1-35-14-32-25-21(35)10-23(33-24-20(30)7-16(11-31)8-22(24)39-13-28)34-26(25)36(27(37)18-9-19(18)29)12-15-3-5-17(38-2)6-4-15/h3-8,10,14,18-19H,9,12-13H2,1-2H3,(H,33,34)/t18-,19+/m0/s1. The van der Waals surface area contributed by atoms with Crippen LogP contribution in [0.3, 0.4) is 0 Å². The summed E-state index contributed by atoms with van der Waals surface area (Å²) in [5.74, 6) is -1.50. The number of fused-ring (bicyclic) bond motifs is 1. The molecule has 1 N–H and O–H groups in total. The number of amides is 1. The van der Waals surface area contributed by atoms with Crippen molar-refractivity contribution in [2.45, 2.75) is 19.1 Å². The second kappa shape index (κ2) is 10.5. The van der Waals surface area contributed by atoms with Crippen LogP contribution in [-0.4, -0.2) is 40.6 Å². The maximum absolute atomic E-state index is 15.0. The Kier molecular flexibility index (Phi) is 6.98. The van der Waals surface area contributed by atoms with Crippen molar-refractivity contribution in [2.24, 2.45) is 13.0 Å². The monoisotopic (exact) mass is 536 g/mol. The van der Waals surface area contributed by atoms with Crippen molar-refractivity contribution < 1.29 is 27.4 Å². The van der Waals surface area contributed by atoms with Gasteiger partial charge in [-0.1, -0.05) is 12.1 Å². The summed E-state index contributed by atoms with van der Waals surface area (Å²) >= 11 is 0. The normalized spacial score (nSPS) is 16.0. The van der Waals surface area contributed by atoms with Gasteiger partial charge in [0.15, 0.2) is 17.4 Å². The van der Waals surface area contributed by atoms with Gasteiger partial charge in [-0.2, -0.15) is 5.26 Å². The molecule has 12 heteroatoms. The Balaban J connectivity index is 1.61. The van der Waals surface area contributed by atoms with E-state index < -0.39 is 30.7 Å². The zero-order valence-electron chi connectivity index (χ0n) is 21.0. The van der Waals surface area contributed by atoms with Gasteiger partial charge in [-0.15, -0.1) is 0 Å². The molecule has 1 aliphatic carbocycles. The number of nitrogens with zero attached hydrogens (tertiary/aromatic N) is 5. The molecule has 1 amide bonds. The number of alkyl halides is 2. The van der Waals surface area contributed by atoms with E-state index in [1.54, 1.807) is 55.1 Å². The van der Waals surface area contributed by atoms with Gasteiger partial charge in [0.25, 0.3) is 0 Å². The molecule has 1 fully saturated rings. The molecular weight excluding hydrogens is 513 g/mol. The Morgan fingerprint density at radius 2 is 2.03 bits per heavy atom. The third-order valence-electron chi connectivity index (χ3n) is 6.39. The number of nitriles is 1. The largest absolute Gasteiger partial charge is 0.497 e. The van der Waals surface area contributed by atoms with E-state index in [-0.39, 0.29) is 41.6 Å². The Hall–Kier alpha value is -4.79. The van der Waals surface area contributed by atoms with Crippen molar-refractivity contribution in [1.29, 1.82) is 5.26 Å². The van der Waals surface area contributed by atoms with Crippen LogP contribution in [0, 0.1) is 23.1 Å². The molecule has 1 saturated carbocycles. The molecule has 1 aliphatic rings. The number of methoxy groups -OCH3 is 1. The lowest BCUT2D eigenvalue weighted by atomic mass is 10.1. The number of benzene rings is 2. The fourth-order valence-corrected chi connectivity index (χ4v) is 4.22. The topological polar surface area (TPSA) is 105 Å². The number of hydrogen-bond donors (Lipinski definition) is 1. The molecule has 9 nitrogen and oxygen atoms in total. The van der Waals surface area contributed by atoms with E-state index in [0.717, 1.165) is 11.6 Å². The summed E-state index contributed by atoms with van der Waals surface area (Å²) in [6.07, 6.45) is 0.399. The predicted octanol–water partition coefficient (Wildman–Crippen LogP) is 4.93. The number of halogens is 3. The second-order valence-electron chi connectivity index (χ2n) is 9.01. The first-order valence-corrected chi connectivity index (χ1v) is 11.9. The molecule has 39 heavy (non-hydrogen) atoms. The zero-order chi connectivity index (χ0) is 27.7. The number of ether oxygens (including phenoxy) is 2. The summed E-state index contributed by atoms with van der Waals surface area (Å²) in [7, 11) is 3.28. The van der Waals surface area contributed by atoms with Gasteiger partial charge in [0.05, 0.1) is 43.0 Å². The molecule has 0 unspecified atom stereocenters. The molecule has 0 radical (unpaired) electrons. The Morgan fingerprint density at radius 3 is 2.67 bits per heavy atom. The lowest BCUT2D eigenvalue weighted by Crippen LogP contribution is -2.33. The number of nitrogens with one attached hydrogen (secondary N) is 1. The van der Waals surface area contributed by atoms with Gasteiger partial charge in [-0.3, -0.25) is 9.69 Å². The van der Waals surface area contributed by atoms with Gasteiger partial charge >= 0.3 is 0 Å². The van der Waals surface area contributed by atoms with Crippen LogP contribution >= 0.6 is 0 Å². The summed E-state index contributed by atoms with van der Waals surface area (Å²) in [4.78, 5) is 23.8. The fourth-order valence-electron chi connectivity index (χ4n) is 4.22. The van der Waals surface area contributed by atoms with Crippen LogP contribution < -0.4 is 19.7 Å². The summed E-state index contributed by atoms with van der Waals surface area (Å²) in [6.45, 7) is -1.19. The van der Waals surface area contributed by atoms with Crippen molar-refractivity contribution >= 4 is 34.3 Å². The molecule has 5 rings (SSSR count). The lowest BCUT2D eigenvalue weighted by molar-refractivity contribution is -0.120. The maximum Gasteiger partial charge on any atom is 0.234 e. The van der Waals surface area contributed by atoms with Crippen molar-refractivity contribution in [2.75, 3.05) is 24.2 Å². The number of imidazole rings is 1. The molecule has 0 aliphatic heterocycles. The Labute approximate surface area is 221 Å².